The van der Waals surface area contributed by atoms with E-state index in [1.165, 1.54) is 11.1 Å². The molecule has 0 N–H and O–H groups in total. The molecule has 1 atom stereocenters. The van der Waals surface area contributed by atoms with Crippen molar-refractivity contribution in [2.75, 3.05) is 0 Å². The number of hydrogen-bond donors (Lipinski definition) is 0. The van der Waals surface area contributed by atoms with Crippen LogP contribution in [0.25, 0.3) is 0 Å². The Morgan fingerprint density at radius 2 is 1.62 bits per heavy atom. The van der Waals surface area contributed by atoms with Crippen molar-refractivity contribution in [1.29, 1.82) is 0 Å². The monoisotopic (exact) mass is 322 g/mol. The van der Waals surface area contributed by atoms with E-state index in [9.17, 15) is 19.2 Å². The number of imide groups is 1. The fraction of sp³-hybridized carbons (Fsp3) is 0.222. The Bertz CT molecular complexity index is 848. The van der Waals surface area contributed by atoms with Gasteiger partial charge in [0, 0.05) is 6.42 Å². The predicted octanol–water partition coefficient (Wildman–Crippen LogP) is 1.64. The lowest BCUT2D eigenvalue weighted by Gasteiger charge is -2.39. The lowest BCUT2D eigenvalue weighted by molar-refractivity contribution is -0.140. The largest absolute Gasteiger partial charge is 0.290 e. The molecule has 0 aromatic heterocycles. The molecule has 0 bridgehead atoms. The second-order valence-corrected chi connectivity index (χ2v) is 6.19. The molecule has 0 saturated carbocycles. The Hall–Kier alpha value is -3.02. The van der Waals surface area contributed by atoms with Gasteiger partial charge in [0.15, 0.2) is 5.78 Å². The van der Waals surface area contributed by atoms with Gasteiger partial charge in [0.1, 0.15) is 5.54 Å². The summed E-state index contributed by atoms with van der Waals surface area (Å²) in [6, 6.07) is 6.50. The van der Waals surface area contributed by atoms with Crippen LogP contribution in [0.1, 0.15) is 40.5 Å². The van der Waals surface area contributed by atoms with Gasteiger partial charge in [-0.2, -0.15) is 5.01 Å². The van der Waals surface area contributed by atoms with Crippen molar-refractivity contribution in [3.63, 3.8) is 0 Å². The van der Waals surface area contributed by atoms with Crippen LogP contribution in [-0.2, 0) is 9.59 Å². The number of amides is 3. The molecule has 4 rings (SSSR count). The van der Waals surface area contributed by atoms with Crippen molar-refractivity contribution in [2.24, 2.45) is 0 Å². The molecule has 1 aromatic carbocycles. The second-order valence-electron chi connectivity index (χ2n) is 6.19. The van der Waals surface area contributed by atoms with Crippen LogP contribution < -0.4 is 0 Å². The maximum Gasteiger partial charge on any atom is 0.280 e. The van der Waals surface area contributed by atoms with Crippen molar-refractivity contribution in [3.05, 3.63) is 59.2 Å². The van der Waals surface area contributed by atoms with Gasteiger partial charge in [-0.3, -0.25) is 19.2 Å². The Kier molecular flexibility index (Phi) is 2.87. The van der Waals surface area contributed by atoms with Crippen molar-refractivity contribution in [1.82, 2.24) is 10.0 Å². The highest BCUT2D eigenvalue weighted by Crippen LogP contribution is 2.40. The quantitative estimate of drug-likeness (QED) is 0.737. The number of benzene rings is 1. The first kappa shape index (κ1) is 14.6. The van der Waals surface area contributed by atoms with Gasteiger partial charge in [-0.25, -0.2) is 5.01 Å². The molecular formula is C18H14N2O4. The number of hydrogen-bond acceptors (Lipinski definition) is 4. The Morgan fingerprint density at radius 1 is 1.00 bits per heavy atom. The number of carbonyl (C=O) groups excluding carboxylic acids is 4. The van der Waals surface area contributed by atoms with E-state index in [-0.39, 0.29) is 29.2 Å². The van der Waals surface area contributed by atoms with E-state index >= 15 is 0 Å². The van der Waals surface area contributed by atoms with E-state index in [0.29, 0.717) is 12.0 Å². The summed E-state index contributed by atoms with van der Waals surface area (Å²) in [5.74, 6) is -1.47. The second kappa shape index (κ2) is 4.74. The minimum atomic E-state index is -0.942. The van der Waals surface area contributed by atoms with Crippen LogP contribution in [0.2, 0.25) is 0 Å². The highest BCUT2D eigenvalue weighted by molar-refractivity contribution is 6.22. The lowest BCUT2D eigenvalue weighted by atomic mass is 9.88. The van der Waals surface area contributed by atoms with Crippen molar-refractivity contribution < 1.29 is 19.2 Å². The number of carbonyl (C=O) groups is 4. The first-order chi connectivity index (χ1) is 11.4. The van der Waals surface area contributed by atoms with Crippen LogP contribution in [0.15, 0.2) is 48.1 Å². The molecule has 0 radical (unpaired) electrons. The Morgan fingerprint density at radius 3 is 2.21 bits per heavy atom. The summed E-state index contributed by atoms with van der Waals surface area (Å²) in [4.78, 5) is 49.7. The molecule has 1 saturated heterocycles. The van der Waals surface area contributed by atoms with Crippen LogP contribution in [-0.4, -0.2) is 39.1 Å². The summed E-state index contributed by atoms with van der Waals surface area (Å²) in [5, 5.41) is 2.13. The maximum absolute atomic E-state index is 12.7. The third kappa shape index (κ3) is 1.76. The van der Waals surface area contributed by atoms with E-state index < -0.39 is 17.4 Å². The summed E-state index contributed by atoms with van der Waals surface area (Å²) in [7, 11) is 0. The van der Waals surface area contributed by atoms with Crippen LogP contribution in [0.3, 0.4) is 0 Å². The number of rotatable bonds is 1. The fourth-order valence-corrected chi connectivity index (χ4v) is 3.54. The van der Waals surface area contributed by atoms with Crippen molar-refractivity contribution >= 4 is 23.5 Å². The fourth-order valence-electron chi connectivity index (χ4n) is 3.54. The van der Waals surface area contributed by atoms with Crippen LogP contribution >= 0.6 is 0 Å². The van der Waals surface area contributed by atoms with Gasteiger partial charge in [-0.15, -0.1) is 0 Å². The molecule has 120 valence electrons. The van der Waals surface area contributed by atoms with Crippen LogP contribution in [0.4, 0.5) is 0 Å². The zero-order valence-electron chi connectivity index (χ0n) is 13.0. The topological polar surface area (TPSA) is 74.8 Å². The van der Waals surface area contributed by atoms with E-state index in [0.717, 1.165) is 5.01 Å². The molecule has 3 amide bonds. The number of ketones is 1. The van der Waals surface area contributed by atoms with Gasteiger partial charge in [0.2, 0.25) is 5.91 Å². The van der Waals surface area contributed by atoms with Gasteiger partial charge in [-0.05, 0) is 49.3 Å². The van der Waals surface area contributed by atoms with E-state index in [4.69, 9.17) is 0 Å². The molecule has 6 heteroatoms. The summed E-state index contributed by atoms with van der Waals surface area (Å²) >= 11 is 0. The minimum Gasteiger partial charge on any atom is -0.290 e. The maximum atomic E-state index is 12.7. The zero-order valence-corrected chi connectivity index (χ0v) is 13.0. The smallest absolute Gasteiger partial charge is 0.280 e. The molecule has 1 unspecified atom stereocenters. The first-order valence-corrected chi connectivity index (χ1v) is 7.68. The average Bonchev–Trinajstić information content (AvgIpc) is 3.00. The predicted molar refractivity (Wildman–Crippen MR) is 83.7 cm³/mol. The summed E-state index contributed by atoms with van der Waals surface area (Å²) in [5.41, 5.74) is 0.124. The first-order valence-electron chi connectivity index (χ1n) is 7.68. The molecular weight excluding hydrogens is 308 g/mol. The van der Waals surface area contributed by atoms with Crippen molar-refractivity contribution in [3.8, 4) is 0 Å². The Balaban J connectivity index is 1.83. The molecule has 2 heterocycles. The molecule has 1 spiro atoms. The van der Waals surface area contributed by atoms with E-state index in [1.807, 2.05) is 0 Å². The summed E-state index contributed by atoms with van der Waals surface area (Å²) in [6.45, 7) is 1.66. The van der Waals surface area contributed by atoms with E-state index in [2.05, 4.69) is 0 Å². The van der Waals surface area contributed by atoms with Gasteiger partial charge < -0.3 is 0 Å². The van der Waals surface area contributed by atoms with Gasteiger partial charge in [0.05, 0.1) is 11.1 Å². The number of allylic oxidation sites excluding steroid dienone is 2. The van der Waals surface area contributed by atoms with Crippen molar-refractivity contribution in [2.45, 2.75) is 25.3 Å². The number of hydrazine groups is 1. The molecule has 1 aliphatic carbocycles. The average molecular weight is 322 g/mol. The highest BCUT2D eigenvalue weighted by Gasteiger charge is 2.52. The lowest BCUT2D eigenvalue weighted by Crippen LogP contribution is -2.56. The minimum absolute atomic E-state index is 0.137. The molecule has 6 nitrogen and oxygen atoms in total. The SMILES string of the molecule is CC1=CC2(C=CC1=O)CCC(=O)N2N1C(=O)c2ccccc2C1=O. The molecule has 2 aliphatic heterocycles. The van der Waals surface area contributed by atoms with Gasteiger partial charge >= 0.3 is 0 Å². The van der Waals surface area contributed by atoms with Gasteiger partial charge in [0.25, 0.3) is 11.8 Å². The highest BCUT2D eigenvalue weighted by atomic mass is 16.2. The number of fused-ring (bicyclic) bond motifs is 1. The van der Waals surface area contributed by atoms with Crippen LogP contribution in [0, 0.1) is 0 Å². The van der Waals surface area contributed by atoms with E-state index in [1.54, 1.807) is 43.3 Å². The third-order valence-corrected chi connectivity index (χ3v) is 4.72. The molecule has 1 fully saturated rings. The molecule has 24 heavy (non-hydrogen) atoms. The number of nitrogens with zero attached hydrogens (tertiary/aromatic N) is 2. The Labute approximate surface area is 138 Å². The normalized spacial score (nSPS) is 25.8. The summed E-state index contributed by atoms with van der Waals surface area (Å²) < 4.78 is 0. The zero-order chi connectivity index (χ0) is 17.1. The summed E-state index contributed by atoms with van der Waals surface area (Å²) in [6.07, 6.45) is 5.30. The standard InChI is InChI=1S/C18H14N2O4/c1-11-10-18(8-6-14(11)21)9-7-15(22)20(18)19-16(23)12-4-2-3-5-13(12)17(19)24/h2-6,8,10H,7,9H2,1H3. The molecule has 3 aliphatic rings. The third-order valence-electron chi connectivity index (χ3n) is 4.72. The molecule has 1 aromatic rings. The van der Waals surface area contributed by atoms with Crippen LogP contribution in [0.5, 0.6) is 0 Å². The van der Waals surface area contributed by atoms with Gasteiger partial charge in [-0.1, -0.05) is 12.1 Å².